The van der Waals surface area contributed by atoms with Crippen molar-refractivity contribution in [3.8, 4) is 0 Å². The quantitative estimate of drug-likeness (QED) is 0.842. The van der Waals surface area contributed by atoms with Crippen molar-refractivity contribution in [3.63, 3.8) is 0 Å². The van der Waals surface area contributed by atoms with Gasteiger partial charge in [0, 0.05) is 12.6 Å². The largest absolute Gasteiger partial charge is 0.335 e. The van der Waals surface area contributed by atoms with E-state index in [1.54, 1.807) is 0 Å². The van der Waals surface area contributed by atoms with Gasteiger partial charge in [0.2, 0.25) is 0 Å². The average Bonchev–Trinajstić information content (AvgIpc) is 2.85. The SMILES string of the molecule is CCC1CCCC1NC(=O)NCc1ccccc1. The second-order valence-corrected chi connectivity index (χ2v) is 5.02. The zero-order valence-electron chi connectivity index (χ0n) is 11.0. The fourth-order valence-electron chi connectivity index (χ4n) is 2.71. The first kappa shape index (κ1) is 12.9. The molecule has 1 aliphatic rings. The van der Waals surface area contributed by atoms with Crippen LogP contribution in [0.4, 0.5) is 4.79 Å². The van der Waals surface area contributed by atoms with E-state index >= 15 is 0 Å². The monoisotopic (exact) mass is 246 g/mol. The van der Waals surface area contributed by atoms with Crippen molar-refractivity contribution >= 4 is 6.03 Å². The van der Waals surface area contributed by atoms with Crippen LogP contribution in [-0.2, 0) is 6.54 Å². The Bertz CT molecular complexity index is 377. The lowest BCUT2D eigenvalue weighted by atomic mass is 10.0. The molecule has 0 aromatic heterocycles. The highest BCUT2D eigenvalue weighted by molar-refractivity contribution is 5.74. The van der Waals surface area contributed by atoms with E-state index in [4.69, 9.17) is 0 Å². The second kappa shape index (κ2) is 6.43. The lowest BCUT2D eigenvalue weighted by molar-refractivity contribution is 0.232. The first-order valence-corrected chi connectivity index (χ1v) is 6.88. The summed E-state index contributed by atoms with van der Waals surface area (Å²) in [7, 11) is 0. The maximum absolute atomic E-state index is 11.8. The number of carbonyl (C=O) groups is 1. The molecule has 0 bridgehead atoms. The summed E-state index contributed by atoms with van der Waals surface area (Å²) in [5.74, 6) is 0.660. The molecule has 1 saturated carbocycles. The Morgan fingerprint density at radius 3 is 2.78 bits per heavy atom. The highest BCUT2D eigenvalue weighted by atomic mass is 16.2. The first-order chi connectivity index (χ1) is 8.79. The van der Waals surface area contributed by atoms with Crippen LogP contribution in [0, 0.1) is 5.92 Å². The van der Waals surface area contributed by atoms with Gasteiger partial charge in [-0.3, -0.25) is 0 Å². The number of urea groups is 1. The normalized spacial score (nSPS) is 22.7. The predicted octanol–water partition coefficient (Wildman–Crippen LogP) is 3.06. The van der Waals surface area contributed by atoms with E-state index in [2.05, 4.69) is 17.6 Å². The van der Waals surface area contributed by atoms with Gasteiger partial charge in [0.15, 0.2) is 0 Å². The van der Waals surface area contributed by atoms with Gasteiger partial charge in [0.25, 0.3) is 0 Å². The van der Waals surface area contributed by atoms with E-state index in [0.717, 1.165) is 18.4 Å². The minimum Gasteiger partial charge on any atom is -0.335 e. The van der Waals surface area contributed by atoms with Crippen molar-refractivity contribution < 1.29 is 4.79 Å². The highest BCUT2D eigenvalue weighted by Crippen LogP contribution is 2.27. The lowest BCUT2D eigenvalue weighted by Gasteiger charge is -2.19. The predicted molar refractivity (Wildman–Crippen MR) is 73.2 cm³/mol. The highest BCUT2D eigenvalue weighted by Gasteiger charge is 2.26. The van der Waals surface area contributed by atoms with Crippen molar-refractivity contribution in [3.05, 3.63) is 35.9 Å². The maximum atomic E-state index is 11.8. The molecule has 3 heteroatoms. The number of amides is 2. The standard InChI is InChI=1S/C15H22N2O/c1-2-13-9-6-10-14(13)17-15(18)16-11-12-7-4-3-5-8-12/h3-5,7-8,13-14H,2,6,9-11H2,1H3,(H2,16,17,18). The molecule has 2 amide bonds. The summed E-state index contributed by atoms with van der Waals surface area (Å²) in [6, 6.07) is 10.3. The summed E-state index contributed by atoms with van der Waals surface area (Å²) in [4.78, 5) is 11.8. The van der Waals surface area contributed by atoms with Crippen LogP contribution in [-0.4, -0.2) is 12.1 Å². The number of nitrogens with one attached hydrogen (secondary N) is 2. The van der Waals surface area contributed by atoms with Crippen LogP contribution in [0.2, 0.25) is 0 Å². The molecule has 0 radical (unpaired) electrons. The summed E-state index contributed by atoms with van der Waals surface area (Å²) in [5.41, 5.74) is 1.13. The Balaban J connectivity index is 1.75. The topological polar surface area (TPSA) is 41.1 Å². The number of carbonyl (C=O) groups excluding carboxylic acids is 1. The Kier molecular flexibility index (Phi) is 4.62. The summed E-state index contributed by atoms with van der Waals surface area (Å²) >= 11 is 0. The molecule has 2 rings (SSSR count). The second-order valence-electron chi connectivity index (χ2n) is 5.02. The Morgan fingerprint density at radius 1 is 1.28 bits per heavy atom. The molecule has 1 aromatic rings. The molecule has 98 valence electrons. The van der Waals surface area contributed by atoms with Gasteiger partial charge in [-0.25, -0.2) is 4.79 Å². The van der Waals surface area contributed by atoms with Crippen LogP contribution in [0.3, 0.4) is 0 Å². The summed E-state index contributed by atoms with van der Waals surface area (Å²) in [5, 5.41) is 6.02. The summed E-state index contributed by atoms with van der Waals surface area (Å²) in [6.45, 7) is 2.79. The molecule has 0 heterocycles. The van der Waals surface area contributed by atoms with Crippen LogP contribution in [0.15, 0.2) is 30.3 Å². The molecule has 3 nitrogen and oxygen atoms in total. The van der Waals surface area contributed by atoms with E-state index in [1.165, 1.54) is 12.8 Å². The van der Waals surface area contributed by atoms with Crippen LogP contribution in [0.25, 0.3) is 0 Å². The number of hydrogen-bond donors (Lipinski definition) is 2. The Morgan fingerprint density at radius 2 is 2.06 bits per heavy atom. The fourth-order valence-corrected chi connectivity index (χ4v) is 2.71. The minimum atomic E-state index is -0.0378. The van der Waals surface area contributed by atoms with Crippen molar-refractivity contribution in [2.24, 2.45) is 5.92 Å². The van der Waals surface area contributed by atoms with Crippen LogP contribution < -0.4 is 10.6 Å². The van der Waals surface area contributed by atoms with Gasteiger partial charge in [0.05, 0.1) is 0 Å². The van der Waals surface area contributed by atoms with Gasteiger partial charge < -0.3 is 10.6 Å². The minimum absolute atomic E-state index is 0.0378. The molecule has 2 unspecified atom stereocenters. The third-order valence-corrected chi connectivity index (χ3v) is 3.80. The van der Waals surface area contributed by atoms with Gasteiger partial charge in [-0.2, -0.15) is 0 Å². The summed E-state index contributed by atoms with van der Waals surface area (Å²) in [6.07, 6.45) is 4.77. The molecule has 1 aromatic carbocycles. The third-order valence-electron chi connectivity index (χ3n) is 3.80. The molecule has 2 N–H and O–H groups in total. The van der Waals surface area contributed by atoms with Crippen molar-refractivity contribution in [1.29, 1.82) is 0 Å². The number of rotatable bonds is 4. The maximum Gasteiger partial charge on any atom is 0.315 e. The molecule has 1 aliphatic carbocycles. The van der Waals surface area contributed by atoms with Gasteiger partial charge in [-0.1, -0.05) is 50.1 Å². The molecular formula is C15H22N2O. The van der Waals surface area contributed by atoms with Crippen LogP contribution in [0.1, 0.15) is 38.2 Å². The molecule has 0 saturated heterocycles. The summed E-state index contributed by atoms with van der Waals surface area (Å²) < 4.78 is 0. The molecule has 18 heavy (non-hydrogen) atoms. The molecule has 0 aliphatic heterocycles. The van der Waals surface area contributed by atoms with E-state index in [9.17, 15) is 4.79 Å². The van der Waals surface area contributed by atoms with Crippen molar-refractivity contribution in [2.75, 3.05) is 0 Å². The fraction of sp³-hybridized carbons (Fsp3) is 0.533. The van der Waals surface area contributed by atoms with Gasteiger partial charge >= 0.3 is 6.03 Å². The number of hydrogen-bond acceptors (Lipinski definition) is 1. The first-order valence-electron chi connectivity index (χ1n) is 6.88. The Labute approximate surface area is 109 Å². The van der Waals surface area contributed by atoms with Gasteiger partial charge in [0.1, 0.15) is 0 Å². The van der Waals surface area contributed by atoms with Crippen molar-refractivity contribution in [2.45, 2.75) is 45.2 Å². The Hall–Kier alpha value is -1.51. The zero-order chi connectivity index (χ0) is 12.8. The van der Waals surface area contributed by atoms with Crippen LogP contribution >= 0.6 is 0 Å². The molecule has 1 fully saturated rings. The average molecular weight is 246 g/mol. The third kappa shape index (κ3) is 3.49. The van der Waals surface area contributed by atoms with Crippen LogP contribution in [0.5, 0.6) is 0 Å². The molecule has 0 spiro atoms. The van der Waals surface area contributed by atoms with E-state index in [1.807, 2.05) is 30.3 Å². The van der Waals surface area contributed by atoms with E-state index in [-0.39, 0.29) is 6.03 Å². The zero-order valence-corrected chi connectivity index (χ0v) is 11.0. The van der Waals surface area contributed by atoms with Gasteiger partial charge in [-0.05, 0) is 24.3 Å². The van der Waals surface area contributed by atoms with Crippen molar-refractivity contribution in [1.82, 2.24) is 10.6 Å². The molecule has 2 atom stereocenters. The number of benzene rings is 1. The van der Waals surface area contributed by atoms with E-state index in [0.29, 0.717) is 18.5 Å². The van der Waals surface area contributed by atoms with Gasteiger partial charge in [-0.15, -0.1) is 0 Å². The lowest BCUT2D eigenvalue weighted by Crippen LogP contribution is -2.43. The molecular weight excluding hydrogens is 224 g/mol. The smallest absolute Gasteiger partial charge is 0.315 e. The van der Waals surface area contributed by atoms with E-state index < -0.39 is 0 Å².